The summed E-state index contributed by atoms with van der Waals surface area (Å²) in [5, 5.41) is 1.41. The number of benzene rings is 1. The fourth-order valence-corrected chi connectivity index (χ4v) is 5.23. The van der Waals surface area contributed by atoms with Crippen LogP contribution in [0.15, 0.2) is 29.2 Å². The van der Waals surface area contributed by atoms with Crippen LogP contribution in [0, 0.1) is 5.92 Å². The smallest absolute Gasteiger partial charge is 0.119 e. The van der Waals surface area contributed by atoms with E-state index in [0.29, 0.717) is 16.4 Å². The van der Waals surface area contributed by atoms with E-state index in [4.69, 9.17) is 4.74 Å². The second kappa shape index (κ2) is 7.40. The third-order valence-electron chi connectivity index (χ3n) is 4.25. The van der Waals surface area contributed by atoms with Crippen LogP contribution in [0.3, 0.4) is 0 Å². The topological polar surface area (TPSA) is 9.23 Å². The Morgan fingerprint density at radius 3 is 1.80 bits per heavy atom. The molecule has 0 N–H and O–H groups in total. The van der Waals surface area contributed by atoms with Gasteiger partial charge in [-0.3, -0.25) is 0 Å². The molecular formula is C18H32OS. The predicted octanol–water partition coefficient (Wildman–Crippen LogP) is 5.72. The Bertz CT molecular complexity index is 384. The van der Waals surface area contributed by atoms with Crippen molar-refractivity contribution in [3.63, 3.8) is 0 Å². The van der Waals surface area contributed by atoms with E-state index >= 15 is 0 Å². The zero-order chi connectivity index (χ0) is 15.3. The van der Waals surface area contributed by atoms with Crippen LogP contribution in [0.25, 0.3) is 0 Å². The molecule has 1 nitrogen and oxygen atoms in total. The van der Waals surface area contributed by atoms with Gasteiger partial charge in [-0.1, -0.05) is 41.5 Å². The van der Waals surface area contributed by atoms with Crippen molar-refractivity contribution in [3.05, 3.63) is 24.3 Å². The minimum absolute atomic E-state index is 0.698. The number of ether oxygens (including phenoxy) is 1. The SMILES string of the molecule is CC(C)CCOc1ccc(S(C)(C(C)C)C(C)C)cc1. The first-order valence-electron chi connectivity index (χ1n) is 7.77. The lowest BCUT2D eigenvalue weighted by molar-refractivity contribution is 0.289. The minimum Gasteiger partial charge on any atom is -0.494 e. The van der Waals surface area contributed by atoms with Gasteiger partial charge in [0, 0.05) is 0 Å². The van der Waals surface area contributed by atoms with Gasteiger partial charge >= 0.3 is 0 Å². The Balaban J connectivity index is 2.79. The van der Waals surface area contributed by atoms with Crippen LogP contribution in [0.1, 0.15) is 48.0 Å². The Kier molecular flexibility index (Phi) is 6.44. The summed E-state index contributed by atoms with van der Waals surface area (Å²) in [5.74, 6) is 1.70. The van der Waals surface area contributed by atoms with Gasteiger partial charge in [-0.2, -0.15) is 0 Å². The summed E-state index contributed by atoms with van der Waals surface area (Å²) in [7, 11) is -0.757. The molecule has 0 aliphatic heterocycles. The maximum atomic E-state index is 5.81. The monoisotopic (exact) mass is 296 g/mol. The zero-order valence-corrected chi connectivity index (χ0v) is 15.1. The quantitative estimate of drug-likeness (QED) is 0.625. The number of hydrogen-bond acceptors (Lipinski definition) is 1. The van der Waals surface area contributed by atoms with E-state index in [1.165, 1.54) is 4.90 Å². The van der Waals surface area contributed by atoms with Crippen molar-refractivity contribution in [3.8, 4) is 5.75 Å². The maximum absolute atomic E-state index is 5.81. The van der Waals surface area contributed by atoms with Gasteiger partial charge in [-0.05, 0) is 58.3 Å². The fraction of sp³-hybridized carbons (Fsp3) is 0.667. The highest BCUT2D eigenvalue weighted by molar-refractivity contribution is 8.34. The van der Waals surface area contributed by atoms with E-state index in [9.17, 15) is 0 Å². The molecular weight excluding hydrogens is 264 g/mol. The van der Waals surface area contributed by atoms with Gasteiger partial charge in [0.1, 0.15) is 5.75 Å². The predicted molar refractivity (Wildman–Crippen MR) is 93.4 cm³/mol. The Morgan fingerprint density at radius 1 is 0.900 bits per heavy atom. The summed E-state index contributed by atoms with van der Waals surface area (Å²) >= 11 is 0. The van der Waals surface area contributed by atoms with Crippen molar-refractivity contribution < 1.29 is 4.74 Å². The first-order valence-corrected chi connectivity index (χ1v) is 9.94. The molecule has 0 aliphatic carbocycles. The molecule has 0 saturated heterocycles. The maximum Gasteiger partial charge on any atom is 0.119 e. The van der Waals surface area contributed by atoms with Crippen LogP contribution in [0.4, 0.5) is 0 Å². The number of rotatable bonds is 7. The molecule has 0 saturated carbocycles. The van der Waals surface area contributed by atoms with E-state index in [-0.39, 0.29) is 0 Å². The molecule has 0 spiro atoms. The average Bonchev–Trinajstić information content (AvgIpc) is 2.37. The first kappa shape index (κ1) is 17.4. The van der Waals surface area contributed by atoms with Crippen LogP contribution in [-0.4, -0.2) is 23.4 Å². The molecule has 0 aliphatic rings. The summed E-state index contributed by atoms with van der Waals surface area (Å²) in [5.41, 5.74) is 0. The van der Waals surface area contributed by atoms with E-state index in [2.05, 4.69) is 72.1 Å². The van der Waals surface area contributed by atoms with Gasteiger partial charge in [0.15, 0.2) is 0 Å². The molecule has 0 unspecified atom stereocenters. The lowest BCUT2D eigenvalue weighted by Gasteiger charge is -2.44. The zero-order valence-electron chi connectivity index (χ0n) is 14.3. The Hall–Kier alpha value is -0.630. The fourth-order valence-electron chi connectivity index (χ4n) is 2.33. The van der Waals surface area contributed by atoms with Gasteiger partial charge in [0.2, 0.25) is 0 Å². The van der Waals surface area contributed by atoms with Crippen LogP contribution < -0.4 is 4.74 Å². The Labute approximate surface area is 127 Å². The van der Waals surface area contributed by atoms with Crippen LogP contribution >= 0.6 is 10.0 Å². The highest BCUT2D eigenvalue weighted by Gasteiger charge is 2.28. The van der Waals surface area contributed by atoms with Gasteiger partial charge in [-0.25, -0.2) is 10.0 Å². The Morgan fingerprint density at radius 2 is 1.40 bits per heavy atom. The molecule has 2 heteroatoms. The van der Waals surface area contributed by atoms with Gasteiger partial charge < -0.3 is 4.74 Å². The van der Waals surface area contributed by atoms with E-state index in [1.807, 2.05) is 0 Å². The number of hydrogen-bond donors (Lipinski definition) is 0. The lowest BCUT2D eigenvalue weighted by Crippen LogP contribution is -2.20. The standard InChI is InChI=1S/C18H32OS/c1-14(2)12-13-19-17-8-10-18(11-9-17)20(7,15(3)4)16(5)6/h8-11,14-16H,12-13H2,1-7H3. The first-order chi connectivity index (χ1) is 9.28. The van der Waals surface area contributed by atoms with E-state index in [0.717, 1.165) is 18.8 Å². The highest BCUT2D eigenvalue weighted by atomic mass is 32.3. The largest absolute Gasteiger partial charge is 0.494 e. The molecule has 0 fully saturated rings. The summed E-state index contributed by atoms with van der Waals surface area (Å²) < 4.78 is 5.81. The van der Waals surface area contributed by atoms with Gasteiger partial charge in [0.25, 0.3) is 0 Å². The van der Waals surface area contributed by atoms with Crippen molar-refractivity contribution >= 4 is 10.0 Å². The third-order valence-corrected chi connectivity index (χ3v) is 9.46. The second-order valence-corrected chi connectivity index (χ2v) is 11.1. The molecule has 1 aromatic rings. The molecule has 0 heterocycles. The summed E-state index contributed by atoms with van der Waals surface area (Å²) in [6.45, 7) is 14.7. The molecule has 0 bridgehead atoms. The van der Waals surface area contributed by atoms with Crippen molar-refractivity contribution in [1.29, 1.82) is 0 Å². The normalized spacial score (nSPS) is 13.3. The van der Waals surface area contributed by atoms with Crippen LogP contribution in [0.2, 0.25) is 0 Å². The van der Waals surface area contributed by atoms with Crippen molar-refractivity contribution in [1.82, 2.24) is 0 Å². The average molecular weight is 297 g/mol. The molecule has 1 rings (SSSR count). The molecule has 0 aromatic heterocycles. The third kappa shape index (κ3) is 4.18. The summed E-state index contributed by atoms with van der Waals surface area (Å²) in [6.07, 6.45) is 3.57. The summed E-state index contributed by atoms with van der Waals surface area (Å²) in [6, 6.07) is 8.84. The minimum atomic E-state index is -0.757. The molecule has 0 amide bonds. The van der Waals surface area contributed by atoms with Gasteiger partial charge in [0.05, 0.1) is 6.61 Å². The van der Waals surface area contributed by atoms with E-state index < -0.39 is 10.0 Å². The van der Waals surface area contributed by atoms with Crippen molar-refractivity contribution in [2.75, 3.05) is 12.9 Å². The van der Waals surface area contributed by atoms with Crippen LogP contribution in [0.5, 0.6) is 5.75 Å². The second-order valence-electron chi connectivity index (χ2n) is 6.65. The van der Waals surface area contributed by atoms with E-state index in [1.54, 1.807) is 0 Å². The molecule has 0 radical (unpaired) electrons. The van der Waals surface area contributed by atoms with Crippen LogP contribution in [-0.2, 0) is 0 Å². The molecule has 20 heavy (non-hydrogen) atoms. The van der Waals surface area contributed by atoms with Crippen molar-refractivity contribution in [2.24, 2.45) is 5.92 Å². The summed E-state index contributed by atoms with van der Waals surface area (Å²) in [4.78, 5) is 1.50. The molecule has 116 valence electrons. The molecule has 0 atom stereocenters. The lowest BCUT2D eigenvalue weighted by atomic mass is 10.1. The van der Waals surface area contributed by atoms with Gasteiger partial charge in [-0.15, -0.1) is 0 Å². The van der Waals surface area contributed by atoms with Crippen molar-refractivity contribution in [2.45, 2.75) is 63.4 Å². The molecule has 1 aromatic carbocycles. The highest BCUT2D eigenvalue weighted by Crippen LogP contribution is 2.60.